The van der Waals surface area contributed by atoms with Crippen molar-refractivity contribution in [1.82, 2.24) is 10.2 Å². The van der Waals surface area contributed by atoms with Crippen LogP contribution in [0.5, 0.6) is 0 Å². The van der Waals surface area contributed by atoms with Gasteiger partial charge < -0.3 is 5.32 Å². The van der Waals surface area contributed by atoms with Gasteiger partial charge in [0.25, 0.3) is 0 Å². The van der Waals surface area contributed by atoms with E-state index < -0.39 is 9.84 Å². The molecule has 0 spiro atoms. The van der Waals surface area contributed by atoms with E-state index in [2.05, 4.69) is 21.6 Å². The SMILES string of the molecule is CCc1nnc(NCCS(=O)(=O)c2ccccc2)c(C#N)c1CC. The van der Waals surface area contributed by atoms with Gasteiger partial charge >= 0.3 is 0 Å². The van der Waals surface area contributed by atoms with Crippen LogP contribution in [0.1, 0.15) is 30.7 Å². The van der Waals surface area contributed by atoms with Gasteiger partial charge in [-0.2, -0.15) is 10.4 Å². The van der Waals surface area contributed by atoms with Crippen molar-refractivity contribution in [3.8, 4) is 6.07 Å². The fourth-order valence-corrected chi connectivity index (χ4v) is 3.64. The van der Waals surface area contributed by atoms with Gasteiger partial charge in [0.05, 0.1) is 16.3 Å². The Morgan fingerprint density at radius 2 is 1.83 bits per heavy atom. The quantitative estimate of drug-likeness (QED) is 0.828. The van der Waals surface area contributed by atoms with Gasteiger partial charge in [-0.3, -0.25) is 0 Å². The van der Waals surface area contributed by atoms with Crippen LogP contribution in [0, 0.1) is 11.3 Å². The molecule has 24 heavy (non-hydrogen) atoms. The molecule has 2 aromatic rings. The molecular weight excluding hydrogens is 324 g/mol. The van der Waals surface area contributed by atoms with E-state index in [0.717, 1.165) is 11.3 Å². The molecule has 0 aliphatic carbocycles. The van der Waals surface area contributed by atoms with E-state index in [9.17, 15) is 13.7 Å². The highest BCUT2D eigenvalue weighted by Gasteiger charge is 2.16. The Morgan fingerprint density at radius 1 is 1.12 bits per heavy atom. The van der Waals surface area contributed by atoms with Crippen molar-refractivity contribution in [3.05, 3.63) is 47.2 Å². The summed E-state index contributed by atoms with van der Waals surface area (Å²) >= 11 is 0. The molecule has 1 heterocycles. The molecule has 0 fully saturated rings. The highest BCUT2D eigenvalue weighted by Crippen LogP contribution is 2.20. The molecule has 0 saturated heterocycles. The molecule has 0 radical (unpaired) electrons. The van der Waals surface area contributed by atoms with Crippen LogP contribution in [0.4, 0.5) is 5.82 Å². The summed E-state index contributed by atoms with van der Waals surface area (Å²) in [6, 6.07) is 10.4. The second kappa shape index (κ2) is 7.88. The Labute approximate surface area is 142 Å². The minimum Gasteiger partial charge on any atom is -0.366 e. The van der Waals surface area contributed by atoms with E-state index >= 15 is 0 Å². The fourth-order valence-electron chi connectivity index (χ4n) is 2.47. The highest BCUT2D eigenvalue weighted by atomic mass is 32.2. The first kappa shape index (κ1) is 17.9. The van der Waals surface area contributed by atoms with E-state index in [4.69, 9.17) is 0 Å². The topological polar surface area (TPSA) is 95.7 Å². The van der Waals surface area contributed by atoms with Crippen molar-refractivity contribution < 1.29 is 8.42 Å². The first-order valence-corrected chi connectivity index (χ1v) is 9.48. The molecule has 1 aromatic heterocycles. The summed E-state index contributed by atoms with van der Waals surface area (Å²) < 4.78 is 24.5. The summed E-state index contributed by atoms with van der Waals surface area (Å²) in [5, 5.41) is 20.5. The van der Waals surface area contributed by atoms with Gasteiger partial charge in [-0.1, -0.05) is 32.0 Å². The van der Waals surface area contributed by atoms with Crippen LogP contribution >= 0.6 is 0 Å². The molecule has 6 nitrogen and oxygen atoms in total. The summed E-state index contributed by atoms with van der Waals surface area (Å²) in [5.74, 6) is 0.260. The Morgan fingerprint density at radius 3 is 2.42 bits per heavy atom. The Balaban J connectivity index is 2.14. The van der Waals surface area contributed by atoms with Crippen LogP contribution in [0.2, 0.25) is 0 Å². The second-order valence-corrected chi connectivity index (χ2v) is 7.34. The van der Waals surface area contributed by atoms with Crippen molar-refractivity contribution in [2.24, 2.45) is 0 Å². The highest BCUT2D eigenvalue weighted by molar-refractivity contribution is 7.91. The lowest BCUT2D eigenvalue weighted by molar-refractivity contribution is 0.596. The standard InChI is InChI=1S/C17H20N4O2S/c1-3-14-15(12-18)17(21-20-16(14)4-2)19-10-11-24(22,23)13-8-6-5-7-9-13/h5-9H,3-4,10-11H2,1-2H3,(H,19,21). The van der Waals surface area contributed by atoms with Crippen molar-refractivity contribution in [3.63, 3.8) is 0 Å². The summed E-state index contributed by atoms with van der Waals surface area (Å²) in [7, 11) is -3.37. The third-order valence-corrected chi connectivity index (χ3v) is 5.46. The summed E-state index contributed by atoms with van der Waals surface area (Å²) in [5.41, 5.74) is 2.11. The van der Waals surface area contributed by atoms with Crippen molar-refractivity contribution in [1.29, 1.82) is 5.26 Å². The number of nitrogens with one attached hydrogen (secondary N) is 1. The van der Waals surface area contributed by atoms with E-state index in [0.29, 0.717) is 24.2 Å². The zero-order chi connectivity index (χ0) is 17.6. The van der Waals surface area contributed by atoms with Crippen LogP contribution < -0.4 is 5.32 Å². The molecule has 0 aliphatic heterocycles. The van der Waals surface area contributed by atoms with E-state index in [-0.39, 0.29) is 17.2 Å². The lowest BCUT2D eigenvalue weighted by Gasteiger charge is -2.12. The number of aryl methyl sites for hydroxylation is 1. The number of benzene rings is 1. The molecule has 0 amide bonds. The summed E-state index contributed by atoms with van der Waals surface area (Å²) in [6.07, 6.45) is 1.38. The van der Waals surface area contributed by atoms with Gasteiger partial charge in [-0.25, -0.2) is 8.42 Å². The molecule has 2 rings (SSSR count). The first-order valence-electron chi connectivity index (χ1n) is 7.83. The van der Waals surface area contributed by atoms with Crippen LogP contribution in [0.3, 0.4) is 0 Å². The molecule has 7 heteroatoms. The van der Waals surface area contributed by atoms with Crippen molar-refractivity contribution in [2.45, 2.75) is 31.6 Å². The maximum Gasteiger partial charge on any atom is 0.180 e. The van der Waals surface area contributed by atoms with Crippen LogP contribution in [0.15, 0.2) is 35.2 Å². The predicted molar refractivity (Wildman–Crippen MR) is 92.5 cm³/mol. The zero-order valence-electron chi connectivity index (χ0n) is 13.8. The minimum atomic E-state index is -3.37. The Bertz CT molecular complexity index is 843. The van der Waals surface area contributed by atoms with Crippen LogP contribution in [-0.2, 0) is 22.7 Å². The fraction of sp³-hybridized carbons (Fsp3) is 0.353. The average Bonchev–Trinajstić information content (AvgIpc) is 2.61. The largest absolute Gasteiger partial charge is 0.366 e. The molecule has 0 saturated carbocycles. The average molecular weight is 344 g/mol. The molecule has 1 N–H and O–H groups in total. The van der Waals surface area contributed by atoms with Gasteiger partial charge in [0.2, 0.25) is 0 Å². The Kier molecular flexibility index (Phi) is 5.88. The third kappa shape index (κ3) is 3.89. The maximum atomic E-state index is 12.3. The van der Waals surface area contributed by atoms with E-state index in [1.807, 2.05) is 13.8 Å². The number of hydrogen-bond donors (Lipinski definition) is 1. The van der Waals surface area contributed by atoms with E-state index in [1.165, 1.54) is 0 Å². The molecule has 1 aromatic carbocycles. The zero-order valence-corrected chi connectivity index (χ0v) is 14.6. The molecule has 0 aliphatic rings. The van der Waals surface area contributed by atoms with Crippen LogP contribution in [0.25, 0.3) is 0 Å². The number of aromatic nitrogens is 2. The molecule has 0 bridgehead atoms. The van der Waals surface area contributed by atoms with Gasteiger partial charge in [0.1, 0.15) is 11.6 Å². The van der Waals surface area contributed by atoms with Crippen molar-refractivity contribution >= 4 is 15.7 Å². The van der Waals surface area contributed by atoms with Gasteiger partial charge in [-0.05, 0) is 30.5 Å². The summed E-state index contributed by atoms with van der Waals surface area (Å²) in [4.78, 5) is 0.286. The third-order valence-electron chi connectivity index (χ3n) is 3.72. The van der Waals surface area contributed by atoms with Crippen molar-refractivity contribution in [2.75, 3.05) is 17.6 Å². The van der Waals surface area contributed by atoms with Crippen LogP contribution in [-0.4, -0.2) is 30.9 Å². The molecular formula is C17H20N4O2S. The first-order chi connectivity index (χ1) is 11.5. The summed E-state index contributed by atoms with van der Waals surface area (Å²) in [6.45, 7) is 4.08. The number of rotatable bonds is 7. The minimum absolute atomic E-state index is 0.0828. The number of nitrogens with zero attached hydrogens (tertiary/aromatic N) is 3. The normalized spacial score (nSPS) is 11.0. The molecule has 0 unspecified atom stereocenters. The lowest BCUT2D eigenvalue weighted by Crippen LogP contribution is -2.18. The van der Waals surface area contributed by atoms with Gasteiger partial charge in [0.15, 0.2) is 15.7 Å². The number of sulfone groups is 1. The maximum absolute atomic E-state index is 12.3. The molecule has 126 valence electrons. The molecule has 0 atom stereocenters. The van der Waals surface area contributed by atoms with Gasteiger partial charge in [0, 0.05) is 6.54 Å². The predicted octanol–water partition coefficient (Wildman–Crippen LogP) is 2.36. The smallest absolute Gasteiger partial charge is 0.180 e. The second-order valence-electron chi connectivity index (χ2n) is 5.23. The monoisotopic (exact) mass is 344 g/mol. The van der Waals surface area contributed by atoms with E-state index in [1.54, 1.807) is 30.3 Å². The number of hydrogen-bond acceptors (Lipinski definition) is 6. The number of anilines is 1. The Hall–Kier alpha value is -2.46. The number of nitriles is 1. The van der Waals surface area contributed by atoms with Gasteiger partial charge in [-0.15, -0.1) is 5.10 Å². The lowest BCUT2D eigenvalue weighted by atomic mass is 10.0.